The average molecular weight is 272 g/mol. The molecule has 100 valence electrons. The zero-order valence-corrected chi connectivity index (χ0v) is 12.2. The lowest BCUT2D eigenvalue weighted by atomic mass is 10.0. The van der Waals surface area contributed by atoms with Crippen molar-refractivity contribution < 1.29 is 0 Å². The van der Waals surface area contributed by atoms with Gasteiger partial charge in [-0.05, 0) is 36.8 Å². The first-order chi connectivity index (χ1) is 9.33. The van der Waals surface area contributed by atoms with Crippen molar-refractivity contribution in [1.29, 1.82) is 0 Å². The third-order valence-electron chi connectivity index (χ3n) is 4.73. The Kier molecular flexibility index (Phi) is 2.78. The molecule has 0 spiro atoms. The van der Waals surface area contributed by atoms with Gasteiger partial charge in [0.2, 0.25) is 0 Å². The Morgan fingerprint density at radius 1 is 1.05 bits per heavy atom. The first-order valence-electron chi connectivity index (χ1n) is 7.30. The Morgan fingerprint density at radius 2 is 1.84 bits per heavy atom. The number of piperidine rings is 1. The van der Waals surface area contributed by atoms with Crippen LogP contribution < -0.4 is 4.90 Å². The first-order valence-corrected chi connectivity index (χ1v) is 8.12. The van der Waals surface area contributed by atoms with Crippen LogP contribution in [0, 0.1) is 6.92 Å². The maximum absolute atomic E-state index is 2.70. The molecule has 3 heteroatoms. The second-order valence-electron chi connectivity index (χ2n) is 5.79. The summed E-state index contributed by atoms with van der Waals surface area (Å²) in [5.74, 6) is 0. The molecule has 0 atom stereocenters. The van der Waals surface area contributed by atoms with Crippen molar-refractivity contribution in [2.24, 2.45) is 0 Å². The average Bonchev–Trinajstić information content (AvgIpc) is 2.62. The van der Waals surface area contributed by atoms with Gasteiger partial charge in [-0.2, -0.15) is 0 Å². The summed E-state index contributed by atoms with van der Waals surface area (Å²) in [6, 6.07) is 9.61. The predicted octanol–water partition coefficient (Wildman–Crippen LogP) is 3.49. The fourth-order valence-electron chi connectivity index (χ4n) is 3.59. The molecule has 2 aromatic rings. The molecule has 2 nitrogen and oxygen atoms in total. The molecule has 0 amide bonds. The van der Waals surface area contributed by atoms with E-state index in [1.807, 2.05) is 11.3 Å². The van der Waals surface area contributed by atoms with Gasteiger partial charge in [0.15, 0.2) is 0 Å². The van der Waals surface area contributed by atoms with Crippen LogP contribution in [0.4, 0.5) is 5.00 Å². The number of thiophene rings is 1. The highest BCUT2D eigenvalue weighted by molar-refractivity contribution is 7.23. The van der Waals surface area contributed by atoms with E-state index >= 15 is 0 Å². The van der Waals surface area contributed by atoms with Crippen LogP contribution in [0.1, 0.15) is 18.4 Å². The summed E-state index contributed by atoms with van der Waals surface area (Å²) in [4.78, 5) is 5.33. The fourth-order valence-corrected chi connectivity index (χ4v) is 4.90. The number of hydrogen-bond donors (Lipinski definition) is 0. The fraction of sp³-hybridized carbons (Fsp3) is 0.500. The minimum absolute atomic E-state index is 0.769. The smallest absolute Gasteiger partial charge is 0.0953 e. The molecule has 0 aliphatic carbocycles. The summed E-state index contributed by atoms with van der Waals surface area (Å²) in [6.07, 6.45) is 2.68. The minimum atomic E-state index is 0.769. The van der Waals surface area contributed by atoms with Crippen LogP contribution in [0.15, 0.2) is 24.3 Å². The van der Waals surface area contributed by atoms with Gasteiger partial charge in [0, 0.05) is 36.9 Å². The molecule has 0 unspecified atom stereocenters. The molecule has 3 aliphatic rings. The molecule has 1 aromatic heterocycles. The van der Waals surface area contributed by atoms with Gasteiger partial charge in [0.25, 0.3) is 0 Å². The van der Waals surface area contributed by atoms with Crippen molar-refractivity contribution in [1.82, 2.24) is 4.90 Å². The van der Waals surface area contributed by atoms with Crippen LogP contribution in [0.2, 0.25) is 0 Å². The van der Waals surface area contributed by atoms with E-state index in [1.54, 1.807) is 0 Å². The third-order valence-corrected chi connectivity index (χ3v) is 6.04. The number of benzene rings is 1. The summed E-state index contributed by atoms with van der Waals surface area (Å²) in [5, 5.41) is 2.97. The van der Waals surface area contributed by atoms with Crippen LogP contribution in [0.25, 0.3) is 10.1 Å². The number of anilines is 1. The molecule has 3 aliphatic heterocycles. The molecule has 4 heterocycles. The molecule has 3 saturated heterocycles. The molecule has 3 fully saturated rings. The highest BCUT2D eigenvalue weighted by atomic mass is 32.1. The largest absolute Gasteiger partial charge is 0.359 e. The van der Waals surface area contributed by atoms with Gasteiger partial charge in [-0.25, -0.2) is 0 Å². The molecule has 0 N–H and O–H groups in total. The highest BCUT2D eigenvalue weighted by Gasteiger charge is 2.30. The van der Waals surface area contributed by atoms with Crippen molar-refractivity contribution in [2.75, 3.05) is 31.1 Å². The maximum atomic E-state index is 2.70. The normalized spacial score (nSPS) is 26.9. The number of hydrogen-bond acceptors (Lipinski definition) is 3. The van der Waals surface area contributed by atoms with E-state index < -0.39 is 0 Å². The summed E-state index contributed by atoms with van der Waals surface area (Å²) in [7, 11) is 0. The van der Waals surface area contributed by atoms with Crippen molar-refractivity contribution in [2.45, 2.75) is 25.8 Å². The number of aryl methyl sites for hydroxylation is 1. The van der Waals surface area contributed by atoms with E-state index in [9.17, 15) is 0 Å². The predicted molar refractivity (Wildman–Crippen MR) is 83.4 cm³/mol. The zero-order valence-electron chi connectivity index (χ0n) is 11.4. The van der Waals surface area contributed by atoms with Crippen molar-refractivity contribution in [3.05, 3.63) is 29.8 Å². The van der Waals surface area contributed by atoms with Gasteiger partial charge in [-0.1, -0.05) is 18.2 Å². The van der Waals surface area contributed by atoms with Gasteiger partial charge in [0.1, 0.15) is 0 Å². The number of fused-ring (bicyclic) bond motifs is 5. The first kappa shape index (κ1) is 11.7. The highest BCUT2D eigenvalue weighted by Crippen LogP contribution is 2.40. The topological polar surface area (TPSA) is 6.48 Å². The quantitative estimate of drug-likeness (QED) is 0.784. The minimum Gasteiger partial charge on any atom is -0.359 e. The summed E-state index contributed by atoms with van der Waals surface area (Å²) in [5.41, 5.74) is 1.49. The van der Waals surface area contributed by atoms with Crippen LogP contribution in [0.3, 0.4) is 0 Å². The molecule has 2 bridgehead atoms. The van der Waals surface area contributed by atoms with Gasteiger partial charge in [0.05, 0.1) is 5.00 Å². The van der Waals surface area contributed by atoms with E-state index in [0.717, 1.165) is 6.04 Å². The van der Waals surface area contributed by atoms with Crippen LogP contribution >= 0.6 is 11.3 Å². The molecular formula is C16H20N2S. The van der Waals surface area contributed by atoms with Crippen molar-refractivity contribution in [3.8, 4) is 0 Å². The molecular weight excluding hydrogens is 252 g/mol. The third kappa shape index (κ3) is 1.87. The second kappa shape index (κ2) is 4.50. The molecule has 0 radical (unpaired) electrons. The lowest BCUT2D eigenvalue weighted by Crippen LogP contribution is -2.37. The Bertz CT molecular complexity index is 596. The SMILES string of the molecule is Cc1c(N2CCN3CCC2CC3)sc2ccccc12. The van der Waals surface area contributed by atoms with Crippen molar-refractivity contribution >= 4 is 26.4 Å². The van der Waals surface area contributed by atoms with Crippen LogP contribution in [-0.2, 0) is 0 Å². The maximum Gasteiger partial charge on any atom is 0.0953 e. The summed E-state index contributed by atoms with van der Waals surface area (Å²) < 4.78 is 1.44. The molecule has 5 rings (SSSR count). The Balaban J connectivity index is 1.79. The lowest BCUT2D eigenvalue weighted by Gasteiger charge is -2.32. The van der Waals surface area contributed by atoms with Crippen LogP contribution in [0.5, 0.6) is 0 Å². The van der Waals surface area contributed by atoms with Gasteiger partial charge in [-0.15, -0.1) is 11.3 Å². The van der Waals surface area contributed by atoms with E-state index in [4.69, 9.17) is 0 Å². The van der Waals surface area contributed by atoms with E-state index in [1.165, 1.54) is 59.7 Å². The number of nitrogens with zero attached hydrogens (tertiary/aromatic N) is 2. The van der Waals surface area contributed by atoms with E-state index in [0.29, 0.717) is 0 Å². The zero-order chi connectivity index (χ0) is 12.8. The summed E-state index contributed by atoms with van der Waals surface area (Å²) in [6.45, 7) is 7.34. The molecule has 1 aromatic carbocycles. The van der Waals surface area contributed by atoms with E-state index in [2.05, 4.69) is 41.0 Å². The van der Waals surface area contributed by atoms with Gasteiger partial charge >= 0.3 is 0 Å². The standard InChI is InChI=1S/C16H20N2S/c1-12-14-4-2-3-5-15(14)19-16(12)18-11-10-17-8-6-13(18)7-9-17/h2-5,13H,6-11H2,1H3. The van der Waals surface area contributed by atoms with Gasteiger partial charge < -0.3 is 9.80 Å². The van der Waals surface area contributed by atoms with Crippen molar-refractivity contribution in [3.63, 3.8) is 0 Å². The number of rotatable bonds is 1. The Hall–Kier alpha value is -1.06. The Labute approximate surface area is 118 Å². The molecule has 19 heavy (non-hydrogen) atoms. The summed E-state index contributed by atoms with van der Waals surface area (Å²) >= 11 is 1.98. The monoisotopic (exact) mass is 272 g/mol. The van der Waals surface area contributed by atoms with E-state index in [-0.39, 0.29) is 0 Å². The lowest BCUT2D eigenvalue weighted by molar-refractivity contribution is 0.250. The second-order valence-corrected chi connectivity index (χ2v) is 6.83. The van der Waals surface area contributed by atoms with Crippen LogP contribution in [-0.4, -0.2) is 37.1 Å². The van der Waals surface area contributed by atoms with Gasteiger partial charge in [-0.3, -0.25) is 0 Å². The molecule has 0 saturated carbocycles. The Morgan fingerprint density at radius 3 is 2.63 bits per heavy atom.